The number of aromatic nitrogens is 1. The molecule has 0 bridgehead atoms. The van der Waals surface area contributed by atoms with Crippen LogP contribution in [0.4, 0.5) is 5.69 Å². The van der Waals surface area contributed by atoms with Gasteiger partial charge in [0.15, 0.2) is 5.11 Å². The minimum absolute atomic E-state index is 0.130. The second-order valence-corrected chi connectivity index (χ2v) is 10.1. The van der Waals surface area contributed by atoms with E-state index in [1.807, 2.05) is 77.7 Å². The molecule has 1 aliphatic heterocycles. The predicted molar refractivity (Wildman–Crippen MR) is 160 cm³/mol. The van der Waals surface area contributed by atoms with Gasteiger partial charge in [-0.3, -0.25) is 9.78 Å². The zero-order chi connectivity index (χ0) is 28.3. The third-order valence-electron chi connectivity index (χ3n) is 7.15. The summed E-state index contributed by atoms with van der Waals surface area (Å²) in [6, 6.07) is 29.0. The number of nitrogens with one attached hydrogen (secondary N) is 2. The van der Waals surface area contributed by atoms with E-state index in [0.717, 1.165) is 22.2 Å². The largest absolute Gasteiger partial charge is 0.478 e. The van der Waals surface area contributed by atoms with Gasteiger partial charge in [0, 0.05) is 35.8 Å². The Kier molecular flexibility index (Phi) is 7.18. The highest BCUT2D eigenvalue weighted by Gasteiger charge is 2.41. The highest BCUT2D eigenvalue weighted by Crippen LogP contribution is 2.40. The van der Waals surface area contributed by atoms with Gasteiger partial charge in [0.05, 0.1) is 17.3 Å². The number of aromatic carboxylic acids is 1. The molecule has 1 aliphatic rings. The van der Waals surface area contributed by atoms with Crippen LogP contribution in [0.25, 0.3) is 22.1 Å². The van der Waals surface area contributed by atoms with Gasteiger partial charge in [0.2, 0.25) is 5.91 Å². The van der Waals surface area contributed by atoms with E-state index in [-0.39, 0.29) is 30.0 Å². The molecule has 1 saturated heterocycles. The molecule has 9 heteroatoms. The zero-order valence-electron chi connectivity index (χ0n) is 21.9. The van der Waals surface area contributed by atoms with Gasteiger partial charge in [-0.2, -0.15) is 0 Å². The Morgan fingerprint density at radius 3 is 2.61 bits per heavy atom. The Balaban J connectivity index is 1.26. The molecule has 1 amide bonds. The molecule has 6 rings (SSSR count). The fourth-order valence-electron chi connectivity index (χ4n) is 5.20. The van der Waals surface area contributed by atoms with Crippen LogP contribution in [-0.2, 0) is 4.79 Å². The molecule has 2 atom stereocenters. The van der Waals surface area contributed by atoms with E-state index in [4.69, 9.17) is 16.6 Å². The molecule has 5 aromatic rings. The Bertz CT molecular complexity index is 1750. The minimum atomic E-state index is -1.01. The first-order valence-corrected chi connectivity index (χ1v) is 13.6. The average molecular weight is 563 g/mol. The predicted octanol–water partition coefficient (Wildman–Crippen LogP) is 6.19. The summed E-state index contributed by atoms with van der Waals surface area (Å²) in [4.78, 5) is 31.1. The van der Waals surface area contributed by atoms with Gasteiger partial charge in [-0.15, -0.1) is 0 Å². The van der Waals surface area contributed by atoms with Crippen molar-refractivity contribution >= 4 is 45.7 Å². The third kappa shape index (κ3) is 5.39. The number of anilines is 1. The number of carbonyl (C=O) groups excluding carboxylic acids is 1. The van der Waals surface area contributed by atoms with Gasteiger partial charge in [0.1, 0.15) is 17.6 Å². The van der Waals surface area contributed by atoms with Crippen molar-refractivity contribution in [2.75, 3.05) is 11.9 Å². The zero-order valence-corrected chi connectivity index (χ0v) is 22.7. The van der Waals surface area contributed by atoms with Crippen LogP contribution in [0.1, 0.15) is 40.3 Å². The maximum Gasteiger partial charge on any atom is 0.335 e. The molecule has 3 N–H and O–H groups in total. The average Bonchev–Trinajstić information content (AvgIpc) is 3.61. The summed E-state index contributed by atoms with van der Waals surface area (Å²) in [7, 11) is 0. The molecule has 3 heterocycles. The van der Waals surface area contributed by atoms with Crippen LogP contribution >= 0.6 is 12.2 Å². The SMILES string of the molecule is O=C(CCN1C(=S)N[C@@H](c2ccccn2)[C@@H]1c1ccc(-c2cccc(C(=O)O)c2)o1)Nc1cccc2ccccc12. The summed E-state index contributed by atoms with van der Waals surface area (Å²) in [5, 5.41) is 18.3. The van der Waals surface area contributed by atoms with Crippen LogP contribution in [-0.4, -0.2) is 38.5 Å². The maximum atomic E-state index is 13.1. The van der Waals surface area contributed by atoms with Crippen LogP contribution in [0, 0.1) is 0 Å². The van der Waals surface area contributed by atoms with Gasteiger partial charge in [0.25, 0.3) is 0 Å². The molecule has 0 aliphatic carbocycles. The molecular weight excluding hydrogens is 536 g/mol. The summed E-state index contributed by atoms with van der Waals surface area (Å²) in [5.41, 5.74) is 2.38. The number of carboxylic acid groups (broad SMARTS) is 1. The molecule has 3 aromatic carbocycles. The maximum absolute atomic E-state index is 13.1. The molecule has 41 heavy (non-hydrogen) atoms. The van der Waals surface area contributed by atoms with Gasteiger partial charge >= 0.3 is 5.97 Å². The van der Waals surface area contributed by atoms with Crippen molar-refractivity contribution in [1.82, 2.24) is 15.2 Å². The van der Waals surface area contributed by atoms with Crippen LogP contribution in [0.15, 0.2) is 108 Å². The highest BCUT2D eigenvalue weighted by atomic mass is 32.1. The summed E-state index contributed by atoms with van der Waals surface area (Å²) in [5.74, 6) is 0.0227. The van der Waals surface area contributed by atoms with Gasteiger partial charge in [-0.05, 0) is 60.1 Å². The van der Waals surface area contributed by atoms with Crippen LogP contribution in [0.3, 0.4) is 0 Å². The van der Waals surface area contributed by atoms with Gasteiger partial charge in [-0.1, -0.05) is 54.6 Å². The molecule has 0 radical (unpaired) electrons. The number of carboxylic acids is 1. The number of fused-ring (bicyclic) bond motifs is 1. The quantitative estimate of drug-likeness (QED) is 0.192. The number of hydrogen-bond acceptors (Lipinski definition) is 5. The normalized spacial score (nSPS) is 16.5. The van der Waals surface area contributed by atoms with E-state index in [0.29, 0.717) is 28.7 Å². The van der Waals surface area contributed by atoms with E-state index in [9.17, 15) is 14.7 Å². The lowest BCUT2D eigenvalue weighted by Crippen LogP contribution is -2.32. The molecule has 0 saturated carbocycles. The minimum Gasteiger partial charge on any atom is -0.478 e. The van der Waals surface area contributed by atoms with E-state index >= 15 is 0 Å². The lowest BCUT2D eigenvalue weighted by atomic mass is 10.0. The first kappa shape index (κ1) is 26.2. The van der Waals surface area contributed by atoms with Gasteiger partial charge < -0.3 is 25.1 Å². The van der Waals surface area contributed by atoms with Gasteiger partial charge in [-0.25, -0.2) is 4.79 Å². The van der Waals surface area contributed by atoms with Crippen molar-refractivity contribution in [3.05, 3.63) is 120 Å². The number of nitrogens with zero attached hydrogens (tertiary/aromatic N) is 2. The van der Waals surface area contributed by atoms with E-state index in [1.165, 1.54) is 6.07 Å². The van der Waals surface area contributed by atoms with Crippen molar-refractivity contribution in [2.45, 2.75) is 18.5 Å². The van der Waals surface area contributed by atoms with Crippen LogP contribution in [0.5, 0.6) is 0 Å². The molecule has 0 unspecified atom stereocenters. The highest BCUT2D eigenvalue weighted by molar-refractivity contribution is 7.80. The van der Waals surface area contributed by atoms with Crippen molar-refractivity contribution < 1.29 is 19.1 Å². The number of pyridine rings is 1. The van der Waals surface area contributed by atoms with Crippen LogP contribution in [0.2, 0.25) is 0 Å². The monoisotopic (exact) mass is 562 g/mol. The Hall–Kier alpha value is -5.02. The number of hydrogen-bond donors (Lipinski definition) is 3. The first-order valence-electron chi connectivity index (χ1n) is 13.2. The number of benzene rings is 3. The number of rotatable bonds is 8. The van der Waals surface area contributed by atoms with Crippen molar-refractivity contribution in [1.29, 1.82) is 0 Å². The van der Waals surface area contributed by atoms with Crippen LogP contribution < -0.4 is 10.6 Å². The van der Waals surface area contributed by atoms with Crippen molar-refractivity contribution in [2.24, 2.45) is 0 Å². The summed E-state index contributed by atoms with van der Waals surface area (Å²) in [6.45, 7) is 0.348. The summed E-state index contributed by atoms with van der Waals surface area (Å²) in [6.07, 6.45) is 1.92. The summed E-state index contributed by atoms with van der Waals surface area (Å²) < 4.78 is 6.31. The van der Waals surface area contributed by atoms with E-state index in [1.54, 1.807) is 24.4 Å². The molecule has 204 valence electrons. The standard InChI is InChI=1S/C32H26N4O4S/c37-28(34-24-13-6-8-20-7-1-2-11-23(20)24)16-18-36-30(29(35-32(36)41)25-12-3-4-17-33-25)27-15-14-26(40-27)21-9-5-10-22(19-21)31(38)39/h1-15,17,19,29-30H,16,18H2,(H,34,37)(H,35,41)(H,38,39)/t29-,30-/m0/s1. The third-order valence-corrected chi connectivity index (χ3v) is 7.51. The smallest absolute Gasteiger partial charge is 0.335 e. The molecule has 2 aromatic heterocycles. The van der Waals surface area contributed by atoms with E-state index < -0.39 is 5.97 Å². The fourth-order valence-corrected chi connectivity index (χ4v) is 5.53. The number of carbonyl (C=O) groups is 2. The van der Waals surface area contributed by atoms with Crippen molar-refractivity contribution in [3.63, 3.8) is 0 Å². The second-order valence-electron chi connectivity index (χ2n) is 9.73. The number of thiocarbonyl (C=S) groups is 1. The van der Waals surface area contributed by atoms with E-state index in [2.05, 4.69) is 15.6 Å². The lowest BCUT2D eigenvalue weighted by Gasteiger charge is -2.26. The fraction of sp³-hybridized carbons (Fsp3) is 0.125. The summed E-state index contributed by atoms with van der Waals surface area (Å²) >= 11 is 5.73. The number of furan rings is 1. The Morgan fingerprint density at radius 1 is 0.976 bits per heavy atom. The molecular formula is C32H26N4O4S. The molecule has 1 fully saturated rings. The lowest BCUT2D eigenvalue weighted by molar-refractivity contribution is -0.116. The first-order chi connectivity index (χ1) is 20.0. The second kappa shape index (κ2) is 11.2. The Morgan fingerprint density at radius 2 is 1.78 bits per heavy atom. The topological polar surface area (TPSA) is 108 Å². The number of amides is 1. The Labute approximate surface area is 241 Å². The van der Waals surface area contributed by atoms with Crippen molar-refractivity contribution in [3.8, 4) is 11.3 Å². The molecule has 8 nitrogen and oxygen atoms in total. The molecule has 0 spiro atoms.